The smallest absolute Gasteiger partial charge is 0.229 e. The molecule has 0 amide bonds. The standard InChI is InChI=1S/C18H31N17/c1-10-27-11(19)30-15(28-10)23-6-2-4-8-25-17-33-14(22)34-18(35-17)26-9-5-3-7-24-16-31-12(20)29-13(21)32-16/h2-9H2,1H3,(H3,19,23,27,28,30)(H5,20,21,24,29,31,32)(H4,22,25,26,33,34,35). The molecule has 3 heterocycles. The maximum Gasteiger partial charge on any atom is 0.229 e. The molecule has 17 nitrogen and oxygen atoms in total. The molecule has 0 saturated heterocycles. The van der Waals surface area contributed by atoms with Gasteiger partial charge in [0.15, 0.2) is 0 Å². The summed E-state index contributed by atoms with van der Waals surface area (Å²) in [4.78, 5) is 36.4. The zero-order valence-corrected chi connectivity index (χ0v) is 19.5. The largest absolute Gasteiger partial charge is 0.368 e. The van der Waals surface area contributed by atoms with Crippen molar-refractivity contribution >= 4 is 47.6 Å². The van der Waals surface area contributed by atoms with E-state index in [4.69, 9.17) is 22.9 Å². The predicted octanol–water partition coefficient (Wildman–Crippen LogP) is -0.513. The maximum absolute atomic E-state index is 5.81. The number of hydrogen-bond donors (Lipinski definition) is 8. The van der Waals surface area contributed by atoms with Crippen LogP contribution < -0.4 is 44.2 Å². The number of nitrogens with one attached hydrogen (secondary N) is 4. The molecule has 0 fully saturated rings. The molecule has 188 valence electrons. The normalized spacial score (nSPS) is 10.7. The molecule has 0 saturated carbocycles. The lowest BCUT2D eigenvalue weighted by Crippen LogP contribution is -2.14. The van der Waals surface area contributed by atoms with E-state index in [-0.39, 0.29) is 23.8 Å². The van der Waals surface area contributed by atoms with Crippen molar-refractivity contribution in [1.29, 1.82) is 0 Å². The van der Waals surface area contributed by atoms with Gasteiger partial charge in [-0.25, -0.2) is 0 Å². The number of anilines is 8. The molecule has 0 spiro atoms. The summed E-state index contributed by atoms with van der Waals surface area (Å²) in [6.07, 6.45) is 3.43. The Morgan fingerprint density at radius 1 is 0.429 bits per heavy atom. The van der Waals surface area contributed by atoms with E-state index >= 15 is 0 Å². The maximum atomic E-state index is 5.81. The van der Waals surface area contributed by atoms with Gasteiger partial charge in [0.05, 0.1) is 0 Å². The molecule has 0 bridgehead atoms. The zero-order valence-electron chi connectivity index (χ0n) is 19.5. The number of nitrogen functional groups attached to an aromatic ring is 4. The first-order chi connectivity index (χ1) is 16.9. The van der Waals surface area contributed by atoms with Gasteiger partial charge < -0.3 is 44.2 Å². The quantitative estimate of drug-likeness (QED) is 0.133. The fourth-order valence-electron chi connectivity index (χ4n) is 2.92. The third-order valence-electron chi connectivity index (χ3n) is 4.43. The SMILES string of the molecule is Cc1nc(N)nc(NCCCCNc2nc(N)nc(NCCCCNc3nc(N)nc(N)n3)n2)n1. The van der Waals surface area contributed by atoms with E-state index in [2.05, 4.69) is 66.1 Å². The Hall–Kier alpha value is -4.57. The fourth-order valence-corrected chi connectivity index (χ4v) is 2.92. The monoisotopic (exact) mass is 485 g/mol. The third kappa shape index (κ3) is 9.06. The summed E-state index contributed by atoms with van der Waals surface area (Å²) in [7, 11) is 0. The van der Waals surface area contributed by atoms with Gasteiger partial charge in [0, 0.05) is 26.2 Å². The molecule has 3 rings (SSSR count). The summed E-state index contributed by atoms with van der Waals surface area (Å²) in [5.41, 5.74) is 22.5. The van der Waals surface area contributed by atoms with E-state index in [0.29, 0.717) is 55.8 Å². The Bertz CT molecular complexity index is 968. The Morgan fingerprint density at radius 3 is 1.14 bits per heavy atom. The first kappa shape index (κ1) is 25.1. The minimum absolute atomic E-state index is 0.0791. The minimum atomic E-state index is 0.0791. The van der Waals surface area contributed by atoms with E-state index in [1.54, 1.807) is 6.92 Å². The van der Waals surface area contributed by atoms with Crippen molar-refractivity contribution in [1.82, 2.24) is 44.9 Å². The van der Waals surface area contributed by atoms with Gasteiger partial charge in [-0.15, -0.1) is 0 Å². The van der Waals surface area contributed by atoms with Crippen LogP contribution in [-0.2, 0) is 0 Å². The number of nitrogens with two attached hydrogens (primary N) is 4. The van der Waals surface area contributed by atoms with Crippen LogP contribution >= 0.6 is 0 Å². The van der Waals surface area contributed by atoms with Crippen molar-refractivity contribution < 1.29 is 0 Å². The average Bonchev–Trinajstić information content (AvgIpc) is 2.77. The lowest BCUT2D eigenvalue weighted by Gasteiger charge is -2.09. The van der Waals surface area contributed by atoms with E-state index in [9.17, 15) is 0 Å². The highest BCUT2D eigenvalue weighted by Gasteiger charge is 2.05. The second-order valence-corrected chi connectivity index (χ2v) is 7.40. The number of aromatic nitrogens is 9. The molecule has 12 N–H and O–H groups in total. The molecule has 0 aromatic carbocycles. The summed E-state index contributed by atoms with van der Waals surface area (Å²) in [5, 5.41) is 12.5. The number of aryl methyl sites for hydroxylation is 1. The van der Waals surface area contributed by atoms with Gasteiger partial charge in [0.2, 0.25) is 47.6 Å². The van der Waals surface area contributed by atoms with Crippen LogP contribution in [0.15, 0.2) is 0 Å². The Labute approximate surface area is 201 Å². The molecule has 35 heavy (non-hydrogen) atoms. The van der Waals surface area contributed by atoms with E-state index in [0.717, 1.165) is 25.7 Å². The van der Waals surface area contributed by atoms with Crippen LogP contribution in [0, 0.1) is 6.92 Å². The van der Waals surface area contributed by atoms with Crippen molar-refractivity contribution in [3.63, 3.8) is 0 Å². The summed E-state index contributed by atoms with van der Waals surface area (Å²) in [5.74, 6) is 2.73. The van der Waals surface area contributed by atoms with Crippen LogP contribution in [0.4, 0.5) is 47.6 Å². The third-order valence-corrected chi connectivity index (χ3v) is 4.43. The predicted molar refractivity (Wildman–Crippen MR) is 134 cm³/mol. The van der Waals surface area contributed by atoms with E-state index in [1.807, 2.05) is 0 Å². The van der Waals surface area contributed by atoms with Crippen LogP contribution in [0.2, 0.25) is 0 Å². The summed E-state index contributed by atoms with van der Waals surface area (Å²) in [6, 6.07) is 0. The first-order valence-corrected chi connectivity index (χ1v) is 11.1. The van der Waals surface area contributed by atoms with Crippen molar-refractivity contribution in [3.8, 4) is 0 Å². The topological polar surface area (TPSA) is 268 Å². The molecular weight excluding hydrogens is 454 g/mol. The molecule has 3 aromatic rings. The highest BCUT2D eigenvalue weighted by Crippen LogP contribution is 2.08. The Morgan fingerprint density at radius 2 is 0.743 bits per heavy atom. The summed E-state index contributed by atoms with van der Waals surface area (Å²) >= 11 is 0. The van der Waals surface area contributed by atoms with Gasteiger partial charge in [-0.1, -0.05) is 0 Å². The molecule has 0 aliphatic rings. The summed E-state index contributed by atoms with van der Waals surface area (Å²) in [6.45, 7) is 4.42. The van der Waals surface area contributed by atoms with Gasteiger partial charge in [-0.05, 0) is 32.6 Å². The zero-order chi connectivity index (χ0) is 25.0. The van der Waals surface area contributed by atoms with Crippen molar-refractivity contribution in [2.45, 2.75) is 32.6 Å². The fraction of sp³-hybridized carbons (Fsp3) is 0.500. The highest BCUT2D eigenvalue weighted by molar-refractivity contribution is 5.40. The molecule has 0 radical (unpaired) electrons. The minimum Gasteiger partial charge on any atom is -0.368 e. The van der Waals surface area contributed by atoms with Gasteiger partial charge in [0.25, 0.3) is 0 Å². The highest BCUT2D eigenvalue weighted by atomic mass is 15.2. The number of rotatable bonds is 14. The molecule has 0 aliphatic heterocycles. The van der Waals surface area contributed by atoms with Gasteiger partial charge in [0.1, 0.15) is 5.82 Å². The Balaban J connectivity index is 1.30. The van der Waals surface area contributed by atoms with Crippen molar-refractivity contribution in [3.05, 3.63) is 5.82 Å². The second-order valence-electron chi connectivity index (χ2n) is 7.40. The number of unbranched alkanes of at least 4 members (excludes halogenated alkanes) is 2. The molecule has 17 heteroatoms. The van der Waals surface area contributed by atoms with Crippen molar-refractivity contribution in [2.24, 2.45) is 0 Å². The molecule has 0 unspecified atom stereocenters. The summed E-state index contributed by atoms with van der Waals surface area (Å²) < 4.78 is 0. The number of hydrogen-bond acceptors (Lipinski definition) is 17. The molecule has 0 atom stereocenters. The van der Waals surface area contributed by atoms with Crippen LogP contribution in [0.5, 0.6) is 0 Å². The van der Waals surface area contributed by atoms with Crippen LogP contribution in [-0.4, -0.2) is 71.0 Å². The molecule has 0 aliphatic carbocycles. The second kappa shape index (κ2) is 12.6. The Kier molecular flexibility index (Phi) is 9.03. The molecular formula is C18H31N17. The lowest BCUT2D eigenvalue weighted by molar-refractivity contribution is 0.777. The van der Waals surface area contributed by atoms with Gasteiger partial charge in [-0.3, -0.25) is 0 Å². The van der Waals surface area contributed by atoms with Crippen LogP contribution in [0.25, 0.3) is 0 Å². The van der Waals surface area contributed by atoms with Gasteiger partial charge in [-0.2, -0.15) is 44.9 Å². The van der Waals surface area contributed by atoms with E-state index in [1.165, 1.54) is 0 Å². The average molecular weight is 486 g/mol. The number of nitrogens with zero attached hydrogens (tertiary/aromatic N) is 9. The lowest BCUT2D eigenvalue weighted by atomic mass is 10.3. The van der Waals surface area contributed by atoms with Crippen LogP contribution in [0.3, 0.4) is 0 Å². The molecule has 3 aromatic heterocycles. The van der Waals surface area contributed by atoms with Crippen LogP contribution in [0.1, 0.15) is 31.5 Å². The van der Waals surface area contributed by atoms with E-state index < -0.39 is 0 Å². The van der Waals surface area contributed by atoms with Gasteiger partial charge >= 0.3 is 0 Å². The van der Waals surface area contributed by atoms with Crippen molar-refractivity contribution in [2.75, 3.05) is 70.4 Å². The first-order valence-electron chi connectivity index (χ1n) is 11.1.